The number of aromatic nitrogens is 2. The van der Waals surface area contributed by atoms with Crippen molar-refractivity contribution in [3.63, 3.8) is 0 Å². The molecule has 0 spiro atoms. The third-order valence-corrected chi connectivity index (χ3v) is 3.51. The summed E-state index contributed by atoms with van der Waals surface area (Å²) in [7, 11) is 0. The van der Waals surface area contributed by atoms with E-state index >= 15 is 0 Å². The summed E-state index contributed by atoms with van der Waals surface area (Å²) in [5.74, 6) is -0.482. The molecule has 0 saturated heterocycles. The van der Waals surface area contributed by atoms with Crippen molar-refractivity contribution in [3.05, 3.63) is 62.7 Å². The zero-order chi connectivity index (χ0) is 13.4. The molecule has 0 aliphatic heterocycles. The zero-order valence-corrected chi connectivity index (χ0v) is 11.1. The van der Waals surface area contributed by atoms with Crippen molar-refractivity contribution in [3.8, 4) is 0 Å². The number of pyridine rings is 1. The van der Waals surface area contributed by atoms with Crippen LogP contribution in [-0.4, -0.2) is 9.55 Å². The standard InChI is InChI=1S/C13H8Cl2N2O2/c14-9-3-1-4-10(15)8(9)7-17-12-11(19-13(17)18)5-2-6-16-12/h1-6H,7H2. The summed E-state index contributed by atoms with van der Waals surface area (Å²) in [6, 6.07) is 8.60. The Morgan fingerprint density at radius 1 is 1.16 bits per heavy atom. The monoisotopic (exact) mass is 294 g/mol. The first-order chi connectivity index (χ1) is 9.16. The van der Waals surface area contributed by atoms with E-state index in [0.29, 0.717) is 26.8 Å². The van der Waals surface area contributed by atoms with Crippen LogP contribution in [0.5, 0.6) is 0 Å². The van der Waals surface area contributed by atoms with Gasteiger partial charge in [-0.3, -0.25) is 4.57 Å². The van der Waals surface area contributed by atoms with Crippen LogP contribution in [0.15, 0.2) is 45.7 Å². The lowest BCUT2D eigenvalue weighted by atomic mass is 10.2. The lowest BCUT2D eigenvalue weighted by molar-refractivity contribution is 0.517. The van der Waals surface area contributed by atoms with Gasteiger partial charge in [0.25, 0.3) is 0 Å². The summed E-state index contributed by atoms with van der Waals surface area (Å²) in [6.07, 6.45) is 1.60. The van der Waals surface area contributed by atoms with Gasteiger partial charge in [-0.1, -0.05) is 29.3 Å². The molecule has 0 radical (unpaired) electrons. The first-order valence-electron chi connectivity index (χ1n) is 5.54. The number of nitrogens with zero attached hydrogens (tertiary/aromatic N) is 2. The fraction of sp³-hybridized carbons (Fsp3) is 0.0769. The molecule has 0 fully saturated rings. The van der Waals surface area contributed by atoms with Crippen molar-refractivity contribution in [2.75, 3.05) is 0 Å². The lowest BCUT2D eigenvalue weighted by Crippen LogP contribution is -2.15. The molecule has 2 heterocycles. The van der Waals surface area contributed by atoms with Gasteiger partial charge in [-0.2, -0.15) is 0 Å². The van der Waals surface area contributed by atoms with Crippen LogP contribution >= 0.6 is 23.2 Å². The van der Waals surface area contributed by atoms with Gasteiger partial charge < -0.3 is 4.42 Å². The predicted molar refractivity (Wildman–Crippen MR) is 73.8 cm³/mol. The summed E-state index contributed by atoms with van der Waals surface area (Å²) in [5.41, 5.74) is 1.58. The van der Waals surface area contributed by atoms with Crippen molar-refractivity contribution in [1.29, 1.82) is 0 Å². The van der Waals surface area contributed by atoms with Gasteiger partial charge in [0.2, 0.25) is 0 Å². The van der Waals surface area contributed by atoms with Crippen molar-refractivity contribution < 1.29 is 4.42 Å². The Labute approximate surface area is 118 Å². The molecule has 4 nitrogen and oxygen atoms in total. The minimum Gasteiger partial charge on any atom is -0.406 e. The van der Waals surface area contributed by atoms with Crippen molar-refractivity contribution in [1.82, 2.24) is 9.55 Å². The minimum absolute atomic E-state index is 0.224. The second-order valence-electron chi connectivity index (χ2n) is 3.98. The van der Waals surface area contributed by atoms with Crippen LogP contribution < -0.4 is 5.76 Å². The van der Waals surface area contributed by atoms with E-state index in [9.17, 15) is 4.79 Å². The SMILES string of the molecule is O=c1oc2cccnc2n1Cc1c(Cl)cccc1Cl. The van der Waals surface area contributed by atoms with Gasteiger partial charge in [-0.15, -0.1) is 0 Å². The third-order valence-electron chi connectivity index (χ3n) is 2.80. The molecule has 19 heavy (non-hydrogen) atoms. The van der Waals surface area contributed by atoms with Gasteiger partial charge in [0.15, 0.2) is 11.2 Å². The quantitative estimate of drug-likeness (QED) is 0.728. The van der Waals surface area contributed by atoms with Gasteiger partial charge in [0, 0.05) is 21.8 Å². The molecule has 0 amide bonds. The molecular weight excluding hydrogens is 287 g/mol. The number of benzene rings is 1. The Balaban J connectivity index is 2.16. The van der Waals surface area contributed by atoms with Crippen LogP contribution in [0.2, 0.25) is 10.0 Å². The maximum atomic E-state index is 11.8. The van der Waals surface area contributed by atoms with Gasteiger partial charge in [0.05, 0.1) is 6.54 Å². The van der Waals surface area contributed by atoms with Crippen molar-refractivity contribution >= 4 is 34.4 Å². The first-order valence-corrected chi connectivity index (χ1v) is 6.29. The zero-order valence-electron chi connectivity index (χ0n) is 9.64. The summed E-state index contributed by atoms with van der Waals surface area (Å²) in [4.78, 5) is 16.0. The normalized spacial score (nSPS) is 11.1. The Morgan fingerprint density at radius 3 is 2.63 bits per heavy atom. The second kappa shape index (κ2) is 4.72. The van der Waals surface area contributed by atoms with Crippen LogP contribution in [0.1, 0.15) is 5.56 Å². The van der Waals surface area contributed by atoms with Gasteiger partial charge in [-0.25, -0.2) is 9.78 Å². The fourth-order valence-electron chi connectivity index (χ4n) is 1.88. The second-order valence-corrected chi connectivity index (χ2v) is 4.79. The number of halogens is 2. The van der Waals surface area contributed by atoms with Gasteiger partial charge in [-0.05, 0) is 24.3 Å². The molecule has 96 valence electrons. The highest BCUT2D eigenvalue weighted by molar-refractivity contribution is 6.35. The van der Waals surface area contributed by atoms with Crippen LogP contribution in [0.4, 0.5) is 0 Å². The molecule has 2 aromatic heterocycles. The highest BCUT2D eigenvalue weighted by Crippen LogP contribution is 2.25. The number of rotatable bonds is 2. The molecule has 0 bridgehead atoms. The van der Waals surface area contributed by atoms with E-state index in [1.165, 1.54) is 4.57 Å². The summed E-state index contributed by atoms with van der Waals surface area (Å²) in [6.45, 7) is 0.224. The van der Waals surface area contributed by atoms with E-state index in [2.05, 4.69) is 4.98 Å². The predicted octanol–water partition coefficient (Wildman–Crippen LogP) is 3.34. The summed E-state index contributed by atoms with van der Waals surface area (Å²) < 4.78 is 6.51. The average Bonchev–Trinajstić information content (AvgIpc) is 2.70. The van der Waals surface area contributed by atoms with Crippen LogP contribution in [-0.2, 0) is 6.54 Å². The molecule has 0 unspecified atom stereocenters. The van der Waals surface area contributed by atoms with Crippen LogP contribution in [0.3, 0.4) is 0 Å². The Hall–Kier alpha value is -1.78. The lowest BCUT2D eigenvalue weighted by Gasteiger charge is -2.06. The number of hydrogen-bond donors (Lipinski definition) is 0. The average molecular weight is 295 g/mol. The molecule has 3 aromatic rings. The molecule has 0 N–H and O–H groups in total. The number of hydrogen-bond acceptors (Lipinski definition) is 3. The Kier molecular flexibility index (Phi) is 3.05. The molecule has 0 atom stereocenters. The topological polar surface area (TPSA) is 48.0 Å². The Morgan fingerprint density at radius 2 is 1.89 bits per heavy atom. The molecule has 0 saturated carbocycles. The molecule has 6 heteroatoms. The first kappa shape index (κ1) is 12.3. The third kappa shape index (κ3) is 2.13. The molecule has 1 aromatic carbocycles. The number of fused-ring (bicyclic) bond motifs is 1. The van der Waals surface area contributed by atoms with Crippen LogP contribution in [0.25, 0.3) is 11.2 Å². The minimum atomic E-state index is -0.482. The largest absolute Gasteiger partial charge is 0.421 e. The van der Waals surface area contributed by atoms with Crippen molar-refractivity contribution in [2.45, 2.75) is 6.54 Å². The number of oxazole rings is 1. The van der Waals surface area contributed by atoms with E-state index < -0.39 is 5.76 Å². The highest BCUT2D eigenvalue weighted by Gasteiger charge is 2.13. The van der Waals surface area contributed by atoms with E-state index in [4.69, 9.17) is 27.6 Å². The van der Waals surface area contributed by atoms with Crippen molar-refractivity contribution in [2.24, 2.45) is 0 Å². The molecular formula is C13H8Cl2N2O2. The summed E-state index contributed by atoms with van der Waals surface area (Å²) >= 11 is 12.2. The molecule has 3 rings (SSSR count). The van der Waals surface area contributed by atoms with Gasteiger partial charge >= 0.3 is 5.76 Å². The van der Waals surface area contributed by atoms with E-state index in [1.807, 2.05) is 0 Å². The highest BCUT2D eigenvalue weighted by atomic mass is 35.5. The van der Waals surface area contributed by atoms with Gasteiger partial charge in [0.1, 0.15) is 0 Å². The van der Waals surface area contributed by atoms with E-state index in [-0.39, 0.29) is 6.54 Å². The smallest absolute Gasteiger partial charge is 0.406 e. The molecule has 0 aliphatic rings. The summed E-state index contributed by atoms with van der Waals surface area (Å²) in [5, 5.41) is 1.01. The van der Waals surface area contributed by atoms with Crippen LogP contribution in [0, 0.1) is 0 Å². The van der Waals surface area contributed by atoms with E-state index in [0.717, 1.165) is 0 Å². The maximum absolute atomic E-state index is 11.8. The maximum Gasteiger partial charge on any atom is 0.421 e. The molecule has 0 aliphatic carbocycles. The Bertz CT molecular complexity index is 788. The fourth-order valence-corrected chi connectivity index (χ4v) is 2.40. The van der Waals surface area contributed by atoms with E-state index in [1.54, 1.807) is 36.5 Å².